The summed E-state index contributed by atoms with van der Waals surface area (Å²) in [6.45, 7) is 1.86. The zero-order chi connectivity index (χ0) is 8.10. The predicted octanol–water partition coefficient (Wildman–Crippen LogP) is 1.46. The van der Waals surface area contributed by atoms with Gasteiger partial charge in [0.25, 0.3) is 0 Å². The molecular formula is C10H12O2. The van der Waals surface area contributed by atoms with Crippen molar-refractivity contribution in [1.82, 2.24) is 0 Å². The van der Waals surface area contributed by atoms with E-state index in [4.69, 9.17) is 0 Å². The van der Waals surface area contributed by atoms with Gasteiger partial charge in [-0.25, -0.2) is 0 Å². The van der Waals surface area contributed by atoms with Gasteiger partial charge in [0.15, 0.2) is 0 Å². The van der Waals surface area contributed by atoms with E-state index in [0.29, 0.717) is 0 Å². The molecule has 0 aliphatic heterocycles. The van der Waals surface area contributed by atoms with Crippen molar-refractivity contribution in [2.75, 3.05) is 0 Å². The molecule has 0 aromatic heterocycles. The van der Waals surface area contributed by atoms with Gasteiger partial charge in [0.2, 0.25) is 0 Å². The summed E-state index contributed by atoms with van der Waals surface area (Å²) in [5, 5.41) is 0. The Morgan fingerprint density at radius 1 is 1.25 bits per heavy atom. The van der Waals surface area contributed by atoms with Crippen LogP contribution in [0.15, 0.2) is 36.4 Å². The quantitative estimate of drug-likeness (QED) is 0.482. The second-order valence-corrected chi connectivity index (χ2v) is 2.23. The predicted molar refractivity (Wildman–Crippen MR) is 49.8 cm³/mol. The monoisotopic (exact) mass is 164 g/mol. The van der Waals surface area contributed by atoms with Gasteiger partial charge in [0.05, 0.1) is 0 Å². The molecule has 0 heterocycles. The molecule has 0 atom stereocenters. The van der Waals surface area contributed by atoms with E-state index in [9.17, 15) is 4.79 Å². The highest BCUT2D eigenvalue weighted by Gasteiger charge is 1.94. The molecule has 1 aromatic carbocycles. The molecule has 0 fully saturated rings. The Labute approximate surface area is 71.8 Å². The topological polar surface area (TPSA) is 48.6 Å². The van der Waals surface area contributed by atoms with Gasteiger partial charge >= 0.3 is 0 Å². The van der Waals surface area contributed by atoms with Crippen LogP contribution in [0.1, 0.15) is 12.5 Å². The summed E-state index contributed by atoms with van der Waals surface area (Å²) < 4.78 is 0. The summed E-state index contributed by atoms with van der Waals surface area (Å²) in [5.41, 5.74) is 1.72. The average molecular weight is 164 g/mol. The fourth-order valence-electron chi connectivity index (χ4n) is 0.933. The standard InChI is InChI=1S/C10H10O.H2O/c1-2-9(8-11)10-6-4-3-5-7-10;/h2-8H,1H3;1H2. The van der Waals surface area contributed by atoms with E-state index < -0.39 is 0 Å². The van der Waals surface area contributed by atoms with Crippen LogP contribution < -0.4 is 0 Å². The van der Waals surface area contributed by atoms with Crippen molar-refractivity contribution in [3.63, 3.8) is 0 Å². The largest absolute Gasteiger partial charge is 0.412 e. The molecule has 0 saturated carbocycles. The Balaban J connectivity index is 0.00000121. The highest BCUT2D eigenvalue weighted by Crippen LogP contribution is 2.09. The van der Waals surface area contributed by atoms with Crippen molar-refractivity contribution in [3.05, 3.63) is 42.0 Å². The van der Waals surface area contributed by atoms with Gasteiger partial charge in [-0.05, 0) is 12.5 Å². The van der Waals surface area contributed by atoms with Crippen molar-refractivity contribution in [1.29, 1.82) is 0 Å². The summed E-state index contributed by atoms with van der Waals surface area (Å²) in [7, 11) is 0. The van der Waals surface area contributed by atoms with Crippen molar-refractivity contribution in [2.24, 2.45) is 0 Å². The van der Waals surface area contributed by atoms with Crippen LogP contribution in [-0.4, -0.2) is 11.8 Å². The molecule has 64 valence electrons. The molecule has 0 spiro atoms. The minimum Gasteiger partial charge on any atom is -0.412 e. The van der Waals surface area contributed by atoms with Gasteiger partial charge in [0.1, 0.15) is 6.29 Å². The van der Waals surface area contributed by atoms with E-state index in [1.54, 1.807) is 0 Å². The van der Waals surface area contributed by atoms with Gasteiger partial charge in [-0.2, -0.15) is 0 Å². The fraction of sp³-hybridized carbons (Fsp3) is 0.100. The van der Waals surface area contributed by atoms with Crippen LogP contribution in [0.3, 0.4) is 0 Å². The number of carbonyl (C=O) groups is 1. The van der Waals surface area contributed by atoms with E-state index in [1.165, 1.54) is 0 Å². The molecule has 0 aliphatic rings. The van der Waals surface area contributed by atoms with Crippen molar-refractivity contribution < 1.29 is 10.3 Å². The molecular weight excluding hydrogens is 152 g/mol. The zero-order valence-corrected chi connectivity index (χ0v) is 6.95. The molecule has 2 N–H and O–H groups in total. The van der Waals surface area contributed by atoms with Crippen LogP contribution in [0.2, 0.25) is 0 Å². The van der Waals surface area contributed by atoms with E-state index in [1.807, 2.05) is 43.3 Å². The molecule has 0 bridgehead atoms. The van der Waals surface area contributed by atoms with Crippen LogP contribution in [0, 0.1) is 0 Å². The molecule has 1 aromatic rings. The maximum absolute atomic E-state index is 10.5. The zero-order valence-electron chi connectivity index (χ0n) is 6.95. The third-order valence-electron chi connectivity index (χ3n) is 1.55. The number of benzene rings is 1. The Morgan fingerprint density at radius 2 is 1.83 bits per heavy atom. The minimum atomic E-state index is 0. The van der Waals surface area contributed by atoms with Crippen LogP contribution in [0.5, 0.6) is 0 Å². The summed E-state index contributed by atoms with van der Waals surface area (Å²) in [6, 6.07) is 9.61. The number of hydrogen-bond acceptors (Lipinski definition) is 1. The Morgan fingerprint density at radius 3 is 2.25 bits per heavy atom. The van der Waals surface area contributed by atoms with Crippen LogP contribution in [-0.2, 0) is 4.79 Å². The third kappa shape index (κ3) is 2.32. The van der Waals surface area contributed by atoms with Crippen LogP contribution in [0.25, 0.3) is 5.57 Å². The Bertz CT molecular complexity index is 262. The molecule has 0 amide bonds. The molecule has 1 rings (SSSR count). The van der Waals surface area contributed by atoms with Crippen LogP contribution in [0.4, 0.5) is 0 Å². The lowest BCUT2D eigenvalue weighted by atomic mass is 10.1. The molecule has 0 aliphatic carbocycles. The minimum absolute atomic E-state index is 0. The smallest absolute Gasteiger partial charge is 0.150 e. The van der Waals surface area contributed by atoms with Gasteiger partial charge in [-0.3, -0.25) is 4.79 Å². The molecule has 2 heteroatoms. The number of hydrogen-bond donors (Lipinski definition) is 0. The van der Waals surface area contributed by atoms with Crippen molar-refractivity contribution in [3.8, 4) is 0 Å². The van der Waals surface area contributed by atoms with Crippen molar-refractivity contribution >= 4 is 11.9 Å². The summed E-state index contributed by atoms with van der Waals surface area (Å²) in [4.78, 5) is 10.5. The van der Waals surface area contributed by atoms with E-state index in [0.717, 1.165) is 17.4 Å². The SMILES string of the molecule is CC=C(C=O)c1ccccc1.O. The Hall–Kier alpha value is -1.41. The van der Waals surface area contributed by atoms with Gasteiger partial charge in [0, 0.05) is 5.57 Å². The van der Waals surface area contributed by atoms with Gasteiger partial charge < -0.3 is 5.48 Å². The molecule has 0 saturated heterocycles. The third-order valence-corrected chi connectivity index (χ3v) is 1.55. The highest BCUT2D eigenvalue weighted by molar-refractivity contribution is 6.06. The number of allylic oxidation sites excluding steroid dienone is 2. The van der Waals surface area contributed by atoms with E-state index >= 15 is 0 Å². The first kappa shape index (κ1) is 10.6. The normalized spacial score (nSPS) is 10.2. The van der Waals surface area contributed by atoms with E-state index in [2.05, 4.69) is 0 Å². The lowest BCUT2D eigenvalue weighted by molar-refractivity contribution is -0.103. The van der Waals surface area contributed by atoms with Gasteiger partial charge in [-0.1, -0.05) is 36.4 Å². The summed E-state index contributed by atoms with van der Waals surface area (Å²) in [6.07, 6.45) is 2.68. The maximum Gasteiger partial charge on any atom is 0.150 e. The fourth-order valence-corrected chi connectivity index (χ4v) is 0.933. The maximum atomic E-state index is 10.5. The first-order valence-corrected chi connectivity index (χ1v) is 3.55. The molecule has 0 unspecified atom stereocenters. The van der Waals surface area contributed by atoms with Crippen molar-refractivity contribution in [2.45, 2.75) is 6.92 Å². The summed E-state index contributed by atoms with van der Waals surface area (Å²) >= 11 is 0. The molecule has 2 nitrogen and oxygen atoms in total. The number of carbonyl (C=O) groups excluding carboxylic acids is 1. The van der Waals surface area contributed by atoms with Gasteiger partial charge in [-0.15, -0.1) is 0 Å². The average Bonchev–Trinajstić information content (AvgIpc) is 2.09. The second kappa shape index (κ2) is 5.27. The summed E-state index contributed by atoms with van der Waals surface area (Å²) in [5.74, 6) is 0. The lowest BCUT2D eigenvalue weighted by Crippen LogP contribution is -1.82. The lowest BCUT2D eigenvalue weighted by Gasteiger charge is -1.96. The molecule has 12 heavy (non-hydrogen) atoms. The first-order chi connectivity index (χ1) is 5.38. The van der Waals surface area contributed by atoms with E-state index in [-0.39, 0.29) is 5.48 Å². The Kier molecular flexibility index (Phi) is 4.65. The number of rotatable bonds is 2. The first-order valence-electron chi connectivity index (χ1n) is 3.55. The highest BCUT2D eigenvalue weighted by atomic mass is 16.1. The molecule has 0 radical (unpaired) electrons. The second-order valence-electron chi connectivity index (χ2n) is 2.23. The van der Waals surface area contributed by atoms with Crippen LogP contribution >= 0.6 is 0 Å². The number of aldehydes is 1.